The van der Waals surface area contributed by atoms with Gasteiger partial charge in [0, 0.05) is 0 Å². The molecule has 0 saturated heterocycles. The third-order valence-corrected chi connectivity index (χ3v) is 2.90. The van der Waals surface area contributed by atoms with Crippen molar-refractivity contribution in [2.75, 3.05) is 0 Å². The maximum atomic E-state index is 13.2. The van der Waals surface area contributed by atoms with Crippen molar-refractivity contribution in [3.63, 3.8) is 0 Å². The van der Waals surface area contributed by atoms with Crippen molar-refractivity contribution in [3.05, 3.63) is 71.0 Å². The summed E-state index contributed by atoms with van der Waals surface area (Å²) in [5.41, 5.74) is 1.73. The molecule has 92 valence electrons. The number of carboxylic acids is 1. The van der Waals surface area contributed by atoms with E-state index in [2.05, 4.69) is 0 Å². The highest BCUT2D eigenvalue weighted by molar-refractivity contribution is 5.80. The minimum atomic E-state index is -0.938. The number of hydrogen-bond donors (Lipinski definition) is 1. The van der Waals surface area contributed by atoms with Crippen LogP contribution < -0.4 is 0 Å². The topological polar surface area (TPSA) is 37.3 Å². The number of rotatable bonds is 3. The van der Waals surface area contributed by atoms with Gasteiger partial charge in [0.05, 0.1) is 0 Å². The SMILES string of the molecule is Cc1cc(C(C(=O)O)c2ccccc2)ccc1F. The van der Waals surface area contributed by atoms with Crippen LogP contribution in [0.5, 0.6) is 0 Å². The molecule has 0 heterocycles. The molecule has 0 fully saturated rings. The normalized spacial score (nSPS) is 12.1. The van der Waals surface area contributed by atoms with Crippen molar-refractivity contribution in [1.82, 2.24) is 0 Å². The molecule has 18 heavy (non-hydrogen) atoms. The van der Waals surface area contributed by atoms with E-state index < -0.39 is 11.9 Å². The summed E-state index contributed by atoms with van der Waals surface area (Å²) < 4.78 is 13.2. The fourth-order valence-corrected chi connectivity index (χ4v) is 1.97. The summed E-state index contributed by atoms with van der Waals surface area (Å²) >= 11 is 0. The number of aryl methyl sites for hydroxylation is 1. The summed E-state index contributed by atoms with van der Waals surface area (Å²) in [5, 5.41) is 9.35. The lowest BCUT2D eigenvalue weighted by Gasteiger charge is -2.14. The van der Waals surface area contributed by atoms with Crippen LogP contribution in [0.2, 0.25) is 0 Å². The zero-order chi connectivity index (χ0) is 13.1. The molecule has 1 atom stereocenters. The summed E-state index contributed by atoms with van der Waals surface area (Å²) in [6.07, 6.45) is 0. The first-order valence-electron chi connectivity index (χ1n) is 5.63. The van der Waals surface area contributed by atoms with Gasteiger partial charge in [0.2, 0.25) is 0 Å². The highest BCUT2D eigenvalue weighted by Crippen LogP contribution is 2.26. The van der Waals surface area contributed by atoms with Crippen molar-refractivity contribution in [3.8, 4) is 0 Å². The summed E-state index contributed by atoms with van der Waals surface area (Å²) in [6.45, 7) is 1.63. The van der Waals surface area contributed by atoms with Crippen LogP contribution in [0.15, 0.2) is 48.5 Å². The molecular weight excluding hydrogens is 231 g/mol. The molecule has 0 bridgehead atoms. The summed E-state index contributed by atoms with van der Waals surface area (Å²) in [7, 11) is 0. The lowest BCUT2D eigenvalue weighted by atomic mass is 9.90. The van der Waals surface area contributed by atoms with E-state index in [1.165, 1.54) is 12.1 Å². The van der Waals surface area contributed by atoms with Crippen LogP contribution >= 0.6 is 0 Å². The molecule has 2 rings (SSSR count). The van der Waals surface area contributed by atoms with Crippen LogP contribution in [0.3, 0.4) is 0 Å². The summed E-state index contributed by atoms with van der Waals surface area (Å²) in [5.74, 6) is -2.02. The Balaban J connectivity index is 2.49. The minimum Gasteiger partial charge on any atom is -0.481 e. The number of aliphatic carboxylic acids is 1. The van der Waals surface area contributed by atoms with E-state index in [0.29, 0.717) is 16.7 Å². The van der Waals surface area contributed by atoms with Crippen molar-refractivity contribution < 1.29 is 14.3 Å². The number of carboxylic acid groups (broad SMARTS) is 1. The average Bonchev–Trinajstić information content (AvgIpc) is 2.35. The number of halogens is 1. The molecule has 0 amide bonds. The van der Waals surface area contributed by atoms with E-state index in [1.54, 1.807) is 37.3 Å². The van der Waals surface area contributed by atoms with E-state index >= 15 is 0 Å². The van der Waals surface area contributed by atoms with Crippen molar-refractivity contribution in [1.29, 1.82) is 0 Å². The molecule has 0 aliphatic heterocycles. The predicted molar refractivity (Wildman–Crippen MR) is 67.1 cm³/mol. The molecule has 2 nitrogen and oxygen atoms in total. The molecule has 1 unspecified atom stereocenters. The minimum absolute atomic E-state index is 0.323. The lowest BCUT2D eigenvalue weighted by molar-refractivity contribution is -0.137. The molecule has 2 aromatic carbocycles. The monoisotopic (exact) mass is 244 g/mol. The van der Waals surface area contributed by atoms with Gasteiger partial charge in [-0.3, -0.25) is 4.79 Å². The first-order valence-corrected chi connectivity index (χ1v) is 5.63. The van der Waals surface area contributed by atoms with Crippen LogP contribution in [0.1, 0.15) is 22.6 Å². The van der Waals surface area contributed by atoms with Gasteiger partial charge in [-0.05, 0) is 29.7 Å². The maximum Gasteiger partial charge on any atom is 0.315 e. The maximum absolute atomic E-state index is 13.2. The molecule has 0 aliphatic carbocycles. The largest absolute Gasteiger partial charge is 0.481 e. The van der Waals surface area contributed by atoms with Crippen LogP contribution in [0, 0.1) is 12.7 Å². The molecule has 2 aromatic rings. The van der Waals surface area contributed by atoms with Gasteiger partial charge in [-0.15, -0.1) is 0 Å². The van der Waals surface area contributed by atoms with E-state index in [9.17, 15) is 14.3 Å². The summed E-state index contributed by atoms with van der Waals surface area (Å²) in [4.78, 5) is 11.4. The lowest BCUT2D eigenvalue weighted by Crippen LogP contribution is -2.13. The van der Waals surface area contributed by atoms with Gasteiger partial charge >= 0.3 is 5.97 Å². The molecule has 1 N–H and O–H groups in total. The fraction of sp³-hybridized carbons (Fsp3) is 0.133. The van der Waals surface area contributed by atoms with Gasteiger partial charge in [0.1, 0.15) is 11.7 Å². The Morgan fingerprint density at radius 2 is 1.78 bits per heavy atom. The smallest absolute Gasteiger partial charge is 0.315 e. The van der Waals surface area contributed by atoms with Gasteiger partial charge in [0.25, 0.3) is 0 Å². The number of hydrogen-bond acceptors (Lipinski definition) is 1. The van der Waals surface area contributed by atoms with E-state index in [0.717, 1.165) is 0 Å². The molecule has 0 spiro atoms. The van der Waals surface area contributed by atoms with E-state index in [1.807, 2.05) is 6.07 Å². The second-order valence-corrected chi connectivity index (χ2v) is 4.19. The van der Waals surface area contributed by atoms with Gasteiger partial charge in [-0.25, -0.2) is 4.39 Å². The summed E-state index contributed by atoms with van der Waals surface area (Å²) in [6, 6.07) is 13.4. The Morgan fingerprint density at radius 3 is 2.33 bits per heavy atom. The highest BCUT2D eigenvalue weighted by atomic mass is 19.1. The molecule has 0 aliphatic rings. The second-order valence-electron chi connectivity index (χ2n) is 4.19. The molecule has 0 radical (unpaired) electrons. The van der Waals surface area contributed by atoms with Crippen molar-refractivity contribution in [2.45, 2.75) is 12.8 Å². The Kier molecular flexibility index (Phi) is 3.42. The van der Waals surface area contributed by atoms with E-state index in [4.69, 9.17) is 0 Å². The molecule has 0 saturated carbocycles. The van der Waals surface area contributed by atoms with E-state index in [-0.39, 0.29) is 5.82 Å². The Bertz CT molecular complexity index is 564. The predicted octanol–water partition coefficient (Wildman–Crippen LogP) is 3.35. The second kappa shape index (κ2) is 5.00. The van der Waals surface area contributed by atoms with Crippen LogP contribution in [-0.4, -0.2) is 11.1 Å². The Morgan fingerprint density at radius 1 is 1.11 bits per heavy atom. The fourth-order valence-electron chi connectivity index (χ4n) is 1.97. The number of benzene rings is 2. The third kappa shape index (κ3) is 2.40. The Hall–Kier alpha value is -2.16. The molecule has 3 heteroatoms. The van der Waals surface area contributed by atoms with Gasteiger partial charge < -0.3 is 5.11 Å². The number of carbonyl (C=O) groups is 1. The van der Waals surface area contributed by atoms with Crippen LogP contribution in [0.4, 0.5) is 4.39 Å². The quantitative estimate of drug-likeness (QED) is 0.899. The van der Waals surface area contributed by atoms with Crippen LogP contribution in [0.25, 0.3) is 0 Å². The first-order chi connectivity index (χ1) is 8.59. The standard InChI is InChI=1S/C15H13FO2/c1-10-9-12(7-8-13(10)16)14(15(17)18)11-5-3-2-4-6-11/h2-9,14H,1H3,(H,17,18). The molecule has 0 aromatic heterocycles. The van der Waals surface area contributed by atoms with Gasteiger partial charge in [-0.1, -0.05) is 42.5 Å². The van der Waals surface area contributed by atoms with Gasteiger partial charge in [-0.2, -0.15) is 0 Å². The van der Waals surface area contributed by atoms with Crippen molar-refractivity contribution in [2.24, 2.45) is 0 Å². The van der Waals surface area contributed by atoms with Crippen molar-refractivity contribution >= 4 is 5.97 Å². The zero-order valence-electron chi connectivity index (χ0n) is 9.93. The first kappa shape index (κ1) is 12.3. The van der Waals surface area contributed by atoms with Gasteiger partial charge in [0.15, 0.2) is 0 Å². The highest BCUT2D eigenvalue weighted by Gasteiger charge is 2.22. The third-order valence-electron chi connectivity index (χ3n) is 2.90. The molecular formula is C15H13FO2. The van der Waals surface area contributed by atoms with Crippen LogP contribution in [-0.2, 0) is 4.79 Å². The average molecular weight is 244 g/mol. The Labute approximate surface area is 105 Å². The zero-order valence-corrected chi connectivity index (χ0v) is 9.93.